The second-order valence-corrected chi connectivity index (χ2v) is 6.06. The third kappa shape index (κ3) is 5.71. The fourth-order valence-corrected chi connectivity index (χ4v) is 2.44. The molecule has 0 atom stereocenters. The number of hydrogen-bond donors (Lipinski definition) is 1. The van der Waals surface area contributed by atoms with Gasteiger partial charge in [-0.2, -0.15) is 5.10 Å². The Kier molecular flexibility index (Phi) is 6.79. The highest BCUT2D eigenvalue weighted by Gasteiger charge is 2.04. The molecule has 3 aromatic rings. The van der Waals surface area contributed by atoms with Gasteiger partial charge in [0.2, 0.25) is 0 Å². The summed E-state index contributed by atoms with van der Waals surface area (Å²) in [5, 5.41) is 4.03. The summed E-state index contributed by atoms with van der Waals surface area (Å²) >= 11 is 0. The van der Waals surface area contributed by atoms with E-state index in [4.69, 9.17) is 9.47 Å². The lowest BCUT2D eigenvalue weighted by molar-refractivity contribution is 0.0955. The van der Waals surface area contributed by atoms with Crippen molar-refractivity contribution in [2.24, 2.45) is 5.10 Å². The number of amides is 1. The molecule has 5 heteroatoms. The molecule has 0 fully saturated rings. The van der Waals surface area contributed by atoms with Crippen LogP contribution in [0.25, 0.3) is 0 Å². The van der Waals surface area contributed by atoms with Crippen molar-refractivity contribution in [3.63, 3.8) is 0 Å². The van der Waals surface area contributed by atoms with Gasteiger partial charge in [-0.25, -0.2) is 5.43 Å². The number of para-hydroxylation sites is 1. The predicted molar refractivity (Wildman–Crippen MR) is 110 cm³/mol. The molecule has 1 N–H and O–H groups in total. The van der Waals surface area contributed by atoms with E-state index in [0.717, 1.165) is 23.5 Å². The quantitative estimate of drug-likeness (QED) is 0.444. The van der Waals surface area contributed by atoms with Crippen molar-refractivity contribution in [2.75, 3.05) is 6.61 Å². The first-order chi connectivity index (χ1) is 13.7. The van der Waals surface area contributed by atoms with Crippen LogP contribution in [0.15, 0.2) is 84.0 Å². The Morgan fingerprint density at radius 2 is 1.68 bits per heavy atom. The summed E-state index contributed by atoms with van der Waals surface area (Å²) < 4.78 is 11.3. The number of ether oxygens (including phenoxy) is 2. The molecule has 142 valence electrons. The van der Waals surface area contributed by atoms with Gasteiger partial charge in [-0.05, 0) is 60.5 Å². The number of rotatable bonds is 8. The molecule has 0 radical (unpaired) electrons. The van der Waals surface area contributed by atoms with E-state index >= 15 is 0 Å². The monoisotopic (exact) mass is 374 g/mol. The first kappa shape index (κ1) is 19.2. The van der Waals surface area contributed by atoms with Crippen LogP contribution in [0.2, 0.25) is 0 Å². The maximum Gasteiger partial charge on any atom is 0.271 e. The third-order valence-electron chi connectivity index (χ3n) is 3.81. The van der Waals surface area contributed by atoms with E-state index in [9.17, 15) is 4.79 Å². The Bertz CT molecular complexity index is 922. The van der Waals surface area contributed by atoms with Gasteiger partial charge >= 0.3 is 0 Å². The lowest BCUT2D eigenvalue weighted by Crippen LogP contribution is -2.17. The minimum absolute atomic E-state index is 0.282. The summed E-state index contributed by atoms with van der Waals surface area (Å²) in [6.07, 6.45) is 2.52. The lowest BCUT2D eigenvalue weighted by Gasteiger charge is -2.06. The van der Waals surface area contributed by atoms with Gasteiger partial charge in [0.15, 0.2) is 0 Å². The zero-order valence-corrected chi connectivity index (χ0v) is 15.7. The lowest BCUT2D eigenvalue weighted by atomic mass is 10.2. The first-order valence-electron chi connectivity index (χ1n) is 9.14. The van der Waals surface area contributed by atoms with Gasteiger partial charge in [0, 0.05) is 5.56 Å². The molecule has 0 saturated heterocycles. The van der Waals surface area contributed by atoms with Crippen LogP contribution in [-0.2, 0) is 0 Å². The van der Waals surface area contributed by atoms with Crippen LogP contribution in [0.4, 0.5) is 0 Å². The van der Waals surface area contributed by atoms with Gasteiger partial charge in [-0.1, -0.05) is 37.3 Å². The first-order valence-corrected chi connectivity index (χ1v) is 9.14. The molecule has 0 bridgehead atoms. The normalized spacial score (nSPS) is 10.6. The van der Waals surface area contributed by atoms with E-state index in [2.05, 4.69) is 10.5 Å². The van der Waals surface area contributed by atoms with E-state index in [1.54, 1.807) is 30.5 Å². The van der Waals surface area contributed by atoms with Gasteiger partial charge in [-0.3, -0.25) is 4.79 Å². The summed E-state index contributed by atoms with van der Waals surface area (Å²) in [4.78, 5) is 12.2. The highest BCUT2D eigenvalue weighted by atomic mass is 16.5. The minimum atomic E-state index is -0.282. The Balaban J connectivity index is 1.56. The molecule has 0 unspecified atom stereocenters. The molecule has 3 aromatic carbocycles. The van der Waals surface area contributed by atoms with Crippen molar-refractivity contribution < 1.29 is 14.3 Å². The average molecular weight is 374 g/mol. The van der Waals surface area contributed by atoms with Crippen LogP contribution >= 0.6 is 0 Å². The molecule has 3 rings (SSSR count). The molecular weight excluding hydrogens is 352 g/mol. The van der Waals surface area contributed by atoms with Crippen molar-refractivity contribution in [1.29, 1.82) is 0 Å². The van der Waals surface area contributed by atoms with Crippen LogP contribution in [0.3, 0.4) is 0 Å². The van der Waals surface area contributed by atoms with Crippen molar-refractivity contribution in [2.45, 2.75) is 13.3 Å². The minimum Gasteiger partial charge on any atom is -0.494 e. The molecule has 0 spiro atoms. The maximum atomic E-state index is 12.2. The molecule has 1 amide bonds. The van der Waals surface area contributed by atoms with Crippen LogP contribution in [-0.4, -0.2) is 18.7 Å². The molecule has 5 nitrogen and oxygen atoms in total. The summed E-state index contributed by atoms with van der Waals surface area (Å²) in [6, 6.07) is 24.0. The second kappa shape index (κ2) is 9.92. The second-order valence-electron chi connectivity index (χ2n) is 6.06. The van der Waals surface area contributed by atoms with Crippen molar-refractivity contribution in [3.05, 3.63) is 90.0 Å². The number of benzene rings is 3. The number of nitrogens with zero attached hydrogens (tertiary/aromatic N) is 1. The van der Waals surface area contributed by atoms with Crippen molar-refractivity contribution in [3.8, 4) is 17.2 Å². The highest BCUT2D eigenvalue weighted by molar-refractivity contribution is 5.95. The topological polar surface area (TPSA) is 59.9 Å². The van der Waals surface area contributed by atoms with Gasteiger partial charge in [0.05, 0.1) is 12.8 Å². The zero-order valence-electron chi connectivity index (χ0n) is 15.7. The highest BCUT2D eigenvalue weighted by Crippen LogP contribution is 2.21. The number of hydrogen-bond acceptors (Lipinski definition) is 4. The molecule has 0 aromatic heterocycles. The van der Waals surface area contributed by atoms with Gasteiger partial charge < -0.3 is 9.47 Å². The molecular formula is C23H22N2O3. The fourth-order valence-electron chi connectivity index (χ4n) is 2.44. The van der Waals surface area contributed by atoms with Gasteiger partial charge in [0.1, 0.15) is 17.2 Å². The Labute approximate surface area is 164 Å². The van der Waals surface area contributed by atoms with E-state index < -0.39 is 0 Å². The summed E-state index contributed by atoms with van der Waals surface area (Å²) in [7, 11) is 0. The standard InChI is InChI=1S/C23H22N2O3/c1-2-15-27-20-13-11-19(12-14-20)23(26)25-24-17-18-7-6-10-22(16-18)28-21-8-4-3-5-9-21/h3-14,16-17H,2,15H2,1H3,(H,25,26)/b24-17-. The van der Waals surface area contributed by atoms with E-state index in [0.29, 0.717) is 17.9 Å². The van der Waals surface area contributed by atoms with Crippen molar-refractivity contribution in [1.82, 2.24) is 5.43 Å². The van der Waals surface area contributed by atoms with Crippen molar-refractivity contribution >= 4 is 12.1 Å². The van der Waals surface area contributed by atoms with Gasteiger partial charge in [0.25, 0.3) is 5.91 Å². The van der Waals surface area contributed by atoms with Crippen LogP contribution < -0.4 is 14.9 Å². The molecule has 0 heterocycles. The summed E-state index contributed by atoms with van der Waals surface area (Å²) in [5.74, 6) is 1.92. The van der Waals surface area contributed by atoms with Crippen LogP contribution in [0, 0.1) is 0 Å². The zero-order chi connectivity index (χ0) is 19.6. The average Bonchev–Trinajstić information content (AvgIpc) is 2.73. The predicted octanol–water partition coefficient (Wildman–Crippen LogP) is 5.03. The summed E-state index contributed by atoms with van der Waals surface area (Å²) in [6.45, 7) is 2.70. The number of nitrogens with one attached hydrogen (secondary N) is 1. The Morgan fingerprint density at radius 3 is 2.43 bits per heavy atom. The Hall–Kier alpha value is -3.60. The Morgan fingerprint density at radius 1 is 0.929 bits per heavy atom. The molecule has 0 saturated carbocycles. The number of carbonyl (C=O) groups excluding carboxylic acids is 1. The van der Waals surface area contributed by atoms with Crippen LogP contribution in [0.1, 0.15) is 29.3 Å². The summed E-state index contributed by atoms with van der Waals surface area (Å²) in [5.41, 5.74) is 3.86. The number of hydrazone groups is 1. The van der Waals surface area contributed by atoms with E-state index in [-0.39, 0.29) is 5.91 Å². The van der Waals surface area contributed by atoms with E-state index in [1.807, 2.05) is 61.5 Å². The maximum absolute atomic E-state index is 12.2. The molecule has 0 aliphatic rings. The molecule has 28 heavy (non-hydrogen) atoms. The number of carbonyl (C=O) groups is 1. The molecule has 0 aliphatic heterocycles. The third-order valence-corrected chi connectivity index (χ3v) is 3.81. The SMILES string of the molecule is CCCOc1ccc(C(=O)N/N=C\c2cccc(Oc3ccccc3)c2)cc1. The smallest absolute Gasteiger partial charge is 0.271 e. The van der Waals surface area contributed by atoms with Crippen LogP contribution in [0.5, 0.6) is 17.2 Å². The van der Waals surface area contributed by atoms with Gasteiger partial charge in [-0.15, -0.1) is 0 Å². The molecule has 0 aliphatic carbocycles. The fraction of sp³-hybridized carbons (Fsp3) is 0.130. The van der Waals surface area contributed by atoms with E-state index in [1.165, 1.54) is 0 Å². The largest absolute Gasteiger partial charge is 0.494 e.